The summed E-state index contributed by atoms with van der Waals surface area (Å²) in [5.41, 5.74) is 0. The van der Waals surface area contributed by atoms with Crippen molar-refractivity contribution in [1.82, 2.24) is 0 Å². The van der Waals surface area contributed by atoms with Crippen molar-refractivity contribution in [2.45, 2.75) is 16.6 Å². The van der Waals surface area contributed by atoms with Gasteiger partial charge in [0.2, 0.25) is 0 Å². The van der Waals surface area contributed by atoms with Gasteiger partial charge < -0.3 is 5.11 Å². The molecule has 1 aliphatic rings. The van der Waals surface area contributed by atoms with Crippen LogP contribution in [0.5, 0.6) is 0 Å². The average Bonchev–Trinajstić information content (AvgIpc) is 2.88. The van der Waals surface area contributed by atoms with E-state index in [4.69, 9.17) is 16.7 Å². The zero-order chi connectivity index (χ0) is 10.1. The summed E-state index contributed by atoms with van der Waals surface area (Å²) in [4.78, 5) is 11.7. The molecule has 1 fully saturated rings. The van der Waals surface area contributed by atoms with Crippen molar-refractivity contribution in [2.75, 3.05) is 0 Å². The van der Waals surface area contributed by atoms with Crippen molar-refractivity contribution >= 4 is 29.3 Å². The first kappa shape index (κ1) is 9.87. The van der Waals surface area contributed by atoms with Gasteiger partial charge in [-0.1, -0.05) is 11.6 Å². The molecule has 4 heteroatoms. The number of hydrogen-bond donors (Lipinski definition) is 1. The van der Waals surface area contributed by atoms with Gasteiger partial charge in [-0.05, 0) is 30.7 Å². The molecule has 2 atom stereocenters. The Kier molecular flexibility index (Phi) is 2.70. The second kappa shape index (κ2) is 3.83. The quantitative estimate of drug-likeness (QED) is 0.865. The minimum atomic E-state index is -0.684. The highest BCUT2D eigenvalue weighted by Crippen LogP contribution is 2.45. The summed E-state index contributed by atoms with van der Waals surface area (Å²) in [5.74, 6) is -0.841. The molecule has 0 aliphatic heterocycles. The highest BCUT2D eigenvalue weighted by Gasteiger charge is 2.43. The normalized spacial score (nSPS) is 24.6. The Balaban J connectivity index is 1.94. The average molecular weight is 229 g/mol. The van der Waals surface area contributed by atoms with E-state index >= 15 is 0 Å². The van der Waals surface area contributed by atoms with Gasteiger partial charge in [-0.15, -0.1) is 11.8 Å². The molecule has 2 unspecified atom stereocenters. The third kappa shape index (κ3) is 2.22. The van der Waals surface area contributed by atoms with Crippen LogP contribution in [0.3, 0.4) is 0 Å². The maximum Gasteiger partial charge on any atom is 0.307 e. The Hall–Kier alpha value is -0.670. The van der Waals surface area contributed by atoms with Gasteiger partial charge in [-0.25, -0.2) is 0 Å². The van der Waals surface area contributed by atoms with Crippen LogP contribution >= 0.6 is 23.4 Å². The fourth-order valence-electron chi connectivity index (χ4n) is 1.25. The number of rotatable bonds is 3. The van der Waals surface area contributed by atoms with Crippen LogP contribution in [0.25, 0.3) is 0 Å². The van der Waals surface area contributed by atoms with E-state index in [1.54, 1.807) is 11.8 Å². The third-order valence-electron chi connectivity index (χ3n) is 2.15. The number of hydrogen-bond acceptors (Lipinski definition) is 2. The number of carbonyl (C=O) groups is 1. The summed E-state index contributed by atoms with van der Waals surface area (Å²) < 4.78 is 0. The first-order valence-corrected chi connectivity index (χ1v) is 5.57. The van der Waals surface area contributed by atoms with E-state index in [1.165, 1.54) is 0 Å². The van der Waals surface area contributed by atoms with Gasteiger partial charge in [0.1, 0.15) is 0 Å². The Morgan fingerprint density at radius 2 is 2.07 bits per heavy atom. The molecule has 1 saturated carbocycles. The minimum absolute atomic E-state index is 0.157. The SMILES string of the molecule is O=C(O)C1CC1Sc1ccc(Cl)cc1. The van der Waals surface area contributed by atoms with E-state index in [1.807, 2.05) is 24.3 Å². The molecule has 1 aromatic rings. The monoisotopic (exact) mass is 228 g/mol. The molecule has 0 heterocycles. The van der Waals surface area contributed by atoms with Crippen molar-refractivity contribution in [2.24, 2.45) is 5.92 Å². The molecule has 0 radical (unpaired) electrons. The summed E-state index contributed by atoms with van der Waals surface area (Å²) in [6.07, 6.45) is 0.780. The summed E-state index contributed by atoms with van der Waals surface area (Å²) in [5, 5.41) is 9.66. The lowest BCUT2D eigenvalue weighted by Gasteiger charge is -1.98. The molecular formula is C10H9ClO2S. The van der Waals surface area contributed by atoms with E-state index < -0.39 is 5.97 Å². The maximum atomic E-state index is 10.6. The molecule has 14 heavy (non-hydrogen) atoms. The molecule has 2 nitrogen and oxygen atoms in total. The number of carboxylic acid groups (broad SMARTS) is 1. The Labute approximate surface area is 91.3 Å². The van der Waals surface area contributed by atoms with Crippen LogP contribution in [-0.4, -0.2) is 16.3 Å². The van der Waals surface area contributed by atoms with Gasteiger partial charge in [0.25, 0.3) is 0 Å². The number of halogens is 1. The van der Waals surface area contributed by atoms with Crippen molar-refractivity contribution < 1.29 is 9.90 Å². The van der Waals surface area contributed by atoms with Crippen LogP contribution in [0.15, 0.2) is 29.2 Å². The predicted molar refractivity (Wildman–Crippen MR) is 56.8 cm³/mol. The predicted octanol–water partition coefficient (Wildman–Crippen LogP) is 2.91. The van der Waals surface area contributed by atoms with Gasteiger partial charge in [-0.3, -0.25) is 4.79 Å². The molecule has 2 rings (SSSR count). The molecule has 1 aromatic carbocycles. The lowest BCUT2D eigenvalue weighted by molar-refractivity contribution is -0.138. The van der Waals surface area contributed by atoms with Gasteiger partial charge >= 0.3 is 5.97 Å². The highest BCUT2D eigenvalue weighted by atomic mass is 35.5. The van der Waals surface area contributed by atoms with Crippen molar-refractivity contribution in [1.29, 1.82) is 0 Å². The second-order valence-electron chi connectivity index (χ2n) is 3.29. The Morgan fingerprint density at radius 1 is 1.43 bits per heavy atom. The lowest BCUT2D eigenvalue weighted by Crippen LogP contribution is -1.99. The first-order chi connectivity index (χ1) is 6.66. The summed E-state index contributed by atoms with van der Waals surface area (Å²) in [6, 6.07) is 7.48. The van der Waals surface area contributed by atoms with Gasteiger partial charge in [0.05, 0.1) is 5.92 Å². The van der Waals surface area contributed by atoms with Crippen LogP contribution in [0, 0.1) is 5.92 Å². The molecule has 0 amide bonds. The van der Waals surface area contributed by atoms with Gasteiger partial charge in [-0.2, -0.15) is 0 Å². The minimum Gasteiger partial charge on any atom is -0.481 e. The molecule has 74 valence electrons. The Bertz CT molecular complexity index is 350. The number of benzene rings is 1. The number of thioether (sulfide) groups is 1. The maximum absolute atomic E-state index is 10.6. The van der Waals surface area contributed by atoms with Crippen LogP contribution in [0.2, 0.25) is 5.02 Å². The van der Waals surface area contributed by atoms with Gasteiger partial charge in [0, 0.05) is 15.2 Å². The van der Waals surface area contributed by atoms with E-state index in [-0.39, 0.29) is 11.2 Å². The zero-order valence-electron chi connectivity index (χ0n) is 7.31. The van der Waals surface area contributed by atoms with Crippen molar-refractivity contribution in [3.63, 3.8) is 0 Å². The largest absolute Gasteiger partial charge is 0.481 e. The fraction of sp³-hybridized carbons (Fsp3) is 0.300. The van der Waals surface area contributed by atoms with Crippen LogP contribution < -0.4 is 0 Å². The molecule has 0 aromatic heterocycles. The lowest BCUT2D eigenvalue weighted by atomic mass is 10.4. The summed E-state index contributed by atoms with van der Waals surface area (Å²) in [7, 11) is 0. The fourth-order valence-corrected chi connectivity index (χ4v) is 2.60. The molecule has 0 saturated heterocycles. The van der Waals surface area contributed by atoms with Crippen LogP contribution in [0.1, 0.15) is 6.42 Å². The summed E-state index contributed by atoms with van der Waals surface area (Å²) >= 11 is 7.35. The van der Waals surface area contributed by atoms with Gasteiger partial charge in [0.15, 0.2) is 0 Å². The standard InChI is InChI=1S/C10H9ClO2S/c11-6-1-3-7(4-2-6)14-9-5-8(9)10(12)13/h1-4,8-9H,5H2,(H,12,13). The number of aliphatic carboxylic acids is 1. The van der Waals surface area contributed by atoms with Crippen molar-refractivity contribution in [3.05, 3.63) is 29.3 Å². The molecule has 1 aliphatic carbocycles. The Morgan fingerprint density at radius 3 is 2.57 bits per heavy atom. The van der Waals surface area contributed by atoms with E-state index in [9.17, 15) is 4.79 Å². The molecule has 1 N–H and O–H groups in total. The first-order valence-electron chi connectivity index (χ1n) is 4.32. The van der Waals surface area contributed by atoms with Crippen LogP contribution in [-0.2, 0) is 4.79 Å². The smallest absolute Gasteiger partial charge is 0.307 e. The van der Waals surface area contributed by atoms with Crippen LogP contribution in [0.4, 0.5) is 0 Å². The topological polar surface area (TPSA) is 37.3 Å². The van der Waals surface area contributed by atoms with Crippen molar-refractivity contribution in [3.8, 4) is 0 Å². The molecule has 0 bridgehead atoms. The summed E-state index contributed by atoms with van der Waals surface area (Å²) in [6.45, 7) is 0. The van der Waals surface area contributed by atoms with E-state index in [2.05, 4.69) is 0 Å². The zero-order valence-corrected chi connectivity index (χ0v) is 8.89. The number of carboxylic acids is 1. The van der Waals surface area contributed by atoms with E-state index in [0.717, 1.165) is 11.3 Å². The molecule has 0 spiro atoms. The van der Waals surface area contributed by atoms with E-state index in [0.29, 0.717) is 5.02 Å². The third-order valence-corrected chi connectivity index (χ3v) is 3.77. The molecular weight excluding hydrogens is 220 g/mol. The highest BCUT2D eigenvalue weighted by molar-refractivity contribution is 8.00. The second-order valence-corrected chi connectivity index (χ2v) is 5.04.